The Labute approximate surface area is 120 Å². The van der Waals surface area contributed by atoms with Crippen LogP contribution >= 0.6 is 18.2 Å². The zero-order valence-electron chi connectivity index (χ0n) is 12.3. The Morgan fingerprint density at radius 2 is 1.53 bits per heavy atom. The summed E-state index contributed by atoms with van der Waals surface area (Å²) in [4.78, 5) is 0.901. The summed E-state index contributed by atoms with van der Waals surface area (Å²) >= 11 is 1.17. The van der Waals surface area contributed by atoms with E-state index in [1.807, 2.05) is 26.0 Å². The normalized spacial score (nSPS) is 12.7. The quantitative estimate of drug-likeness (QED) is 0.672. The zero-order valence-corrected chi connectivity index (χ0v) is 14.0. The van der Waals surface area contributed by atoms with Crippen molar-refractivity contribution in [1.82, 2.24) is 0 Å². The molecule has 0 aliphatic carbocycles. The van der Waals surface area contributed by atoms with Crippen molar-refractivity contribution in [3.8, 4) is 0 Å². The lowest BCUT2D eigenvalue weighted by molar-refractivity contribution is 0.237. The molecule has 19 heavy (non-hydrogen) atoms. The van der Waals surface area contributed by atoms with Gasteiger partial charge in [-0.25, -0.2) is 4.57 Å². The van der Waals surface area contributed by atoms with Crippen LogP contribution in [0.25, 0.3) is 0 Å². The van der Waals surface area contributed by atoms with Crippen molar-refractivity contribution in [3.63, 3.8) is 0 Å². The van der Waals surface area contributed by atoms with E-state index in [9.17, 15) is 4.57 Å². The summed E-state index contributed by atoms with van der Waals surface area (Å²) in [6, 6.07) is 8.06. The Kier molecular flexibility index (Phi) is 6.13. The van der Waals surface area contributed by atoms with E-state index in [0.717, 1.165) is 4.90 Å². The summed E-state index contributed by atoms with van der Waals surface area (Å²) in [5, 5.41) is 0. The highest BCUT2D eigenvalue weighted by molar-refractivity contribution is 8.55. The first-order valence-electron chi connectivity index (χ1n) is 6.50. The van der Waals surface area contributed by atoms with Gasteiger partial charge in [-0.2, -0.15) is 0 Å². The predicted molar refractivity (Wildman–Crippen MR) is 81.9 cm³/mol. The van der Waals surface area contributed by atoms with Gasteiger partial charge in [0.15, 0.2) is 0 Å². The van der Waals surface area contributed by atoms with Gasteiger partial charge in [-0.15, -0.1) is 0 Å². The Morgan fingerprint density at radius 1 is 1.05 bits per heavy atom. The topological polar surface area (TPSA) is 35.5 Å². The summed E-state index contributed by atoms with van der Waals surface area (Å²) in [5.41, 5.74) is 1.37. The highest BCUT2D eigenvalue weighted by atomic mass is 32.7. The minimum atomic E-state index is -3.08. The summed E-state index contributed by atoms with van der Waals surface area (Å²) in [7, 11) is 0. The van der Waals surface area contributed by atoms with E-state index < -0.39 is 6.80 Å². The van der Waals surface area contributed by atoms with Crippen LogP contribution in [-0.2, 0) is 19.0 Å². The maximum absolute atomic E-state index is 12.4. The van der Waals surface area contributed by atoms with E-state index in [1.165, 1.54) is 16.9 Å². The summed E-state index contributed by atoms with van der Waals surface area (Å²) in [5.74, 6) is 0. The first-order chi connectivity index (χ1) is 8.80. The molecule has 0 fully saturated rings. The van der Waals surface area contributed by atoms with Gasteiger partial charge < -0.3 is 9.05 Å². The molecule has 0 saturated carbocycles. The van der Waals surface area contributed by atoms with E-state index in [2.05, 4.69) is 32.9 Å². The molecule has 1 aromatic carbocycles. The maximum Gasteiger partial charge on any atom is 0.393 e. The van der Waals surface area contributed by atoms with Crippen LogP contribution in [0.5, 0.6) is 0 Å². The molecule has 0 radical (unpaired) electrons. The van der Waals surface area contributed by atoms with Crippen molar-refractivity contribution >= 4 is 18.2 Å². The van der Waals surface area contributed by atoms with Crippen molar-refractivity contribution in [2.75, 3.05) is 13.2 Å². The number of benzene rings is 1. The average molecular weight is 302 g/mol. The molecular formula is C14H23O3PS. The molecule has 0 aliphatic heterocycles. The van der Waals surface area contributed by atoms with Gasteiger partial charge in [-0.1, -0.05) is 32.9 Å². The number of rotatable bonds is 6. The fourth-order valence-electron chi connectivity index (χ4n) is 1.55. The van der Waals surface area contributed by atoms with Crippen LogP contribution in [0.2, 0.25) is 0 Å². The van der Waals surface area contributed by atoms with Crippen LogP contribution in [0.4, 0.5) is 0 Å². The number of hydrogen-bond acceptors (Lipinski definition) is 4. The minimum absolute atomic E-state index is 0.118. The molecule has 1 rings (SSSR count). The molecule has 0 saturated heterocycles. The second-order valence-corrected chi connectivity index (χ2v) is 9.10. The average Bonchev–Trinajstić information content (AvgIpc) is 2.28. The van der Waals surface area contributed by atoms with Gasteiger partial charge >= 0.3 is 6.80 Å². The van der Waals surface area contributed by atoms with Crippen molar-refractivity contribution in [2.24, 2.45) is 0 Å². The van der Waals surface area contributed by atoms with Crippen molar-refractivity contribution in [3.05, 3.63) is 29.8 Å². The second-order valence-electron chi connectivity index (χ2n) is 5.15. The molecule has 0 N–H and O–H groups in total. The lowest BCUT2D eigenvalue weighted by Crippen LogP contribution is -2.10. The third-order valence-electron chi connectivity index (χ3n) is 2.51. The molecule has 3 nitrogen and oxygen atoms in total. The second kappa shape index (κ2) is 6.94. The molecule has 108 valence electrons. The van der Waals surface area contributed by atoms with Crippen LogP contribution < -0.4 is 0 Å². The fraction of sp³-hybridized carbons (Fsp3) is 0.571. The minimum Gasteiger partial charge on any atom is -0.301 e. The zero-order chi connectivity index (χ0) is 14.5. The van der Waals surface area contributed by atoms with E-state index in [0.29, 0.717) is 13.2 Å². The molecule has 0 bridgehead atoms. The summed E-state index contributed by atoms with van der Waals surface area (Å²) in [6.45, 7) is 7.81. The van der Waals surface area contributed by atoms with Crippen molar-refractivity contribution in [1.29, 1.82) is 0 Å². The third-order valence-corrected chi connectivity index (χ3v) is 6.30. The summed E-state index contributed by atoms with van der Waals surface area (Å²) < 4.78 is 22.9. The van der Waals surface area contributed by atoms with Gasteiger partial charge in [0, 0.05) is 4.90 Å². The Balaban J connectivity index is 2.84. The van der Waals surface area contributed by atoms with Crippen molar-refractivity contribution in [2.45, 2.75) is 44.9 Å². The molecule has 5 heteroatoms. The largest absolute Gasteiger partial charge is 0.393 e. The molecular weight excluding hydrogens is 279 g/mol. The first-order valence-corrected chi connectivity index (χ1v) is 9.46. The Morgan fingerprint density at radius 3 is 1.89 bits per heavy atom. The van der Waals surface area contributed by atoms with Gasteiger partial charge in [-0.05, 0) is 48.3 Å². The monoisotopic (exact) mass is 302 g/mol. The number of hydrogen-bond donors (Lipinski definition) is 0. The lowest BCUT2D eigenvalue weighted by Gasteiger charge is -2.20. The molecule has 0 spiro atoms. The molecule has 0 amide bonds. The summed E-state index contributed by atoms with van der Waals surface area (Å²) in [6.07, 6.45) is 0. The van der Waals surface area contributed by atoms with E-state index >= 15 is 0 Å². The van der Waals surface area contributed by atoms with Gasteiger partial charge in [0.1, 0.15) is 0 Å². The predicted octanol–water partition coefficient (Wildman–Crippen LogP) is 5.26. The van der Waals surface area contributed by atoms with Crippen LogP contribution in [0.3, 0.4) is 0 Å². The van der Waals surface area contributed by atoms with E-state index in [-0.39, 0.29) is 5.41 Å². The first kappa shape index (κ1) is 16.8. The molecule has 0 heterocycles. The molecule has 0 unspecified atom stereocenters. The Hall–Kier alpha value is -0.280. The molecule has 0 aliphatic rings. The smallest absolute Gasteiger partial charge is 0.301 e. The van der Waals surface area contributed by atoms with Gasteiger partial charge in [0.2, 0.25) is 0 Å². The van der Waals surface area contributed by atoms with Crippen LogP contribution in [-0.4, -0.2) is 13.2 Å². The van der Waals surface area contributed by atoms with Crippen LogP contribution in [0.1, 0.15) is 40.2 Å². The van der Waals surface area contributed by atoms with Gasteiger partial charge in [0.05, 0.1) is 13.2 Å². The van der Waals surface area contributed by atoms with Gasteiger partial charge in [0.25, 0.3) is 0 Å². The molecule has 0 aromatic heterocycles. The SMILES string of the molecule is CCOP(=O)(OCC)Sc1ccc(C(C)(C)C)cc1. The Bertz CT molecular complexity index is 427. The fourth-order valence-corrected chi connectivity index (χ4v) is 4.97. The van der Waals surface area contributed by atoms with Crippen molar-refractivity contribution < 1.29 is 13.6 Å². The maximum atomic E-state index is 12.4. The van der Waals surface area contributed by atoms with Crippen LogP contribution in [0.15, 0.2) is 29.2 Å². The third kappa shape index (κ3) is 5.31. The highest BCUT2D eigenvalue weighted by Crippen LogP contribution is 2.63. The standard InChI is InChI=1S/C14H23O3PS/c1-6-16-18(15,17-7-2)19-13-10-8-12(9-11-13)14(3,4)5/h8-11H,6-7H2,1-5H3. The molecule has 0 atom stereocenters. The van der Waals surface area contributed by atoms with E-state index in [1.54, 1.807) is 0 Å². The van der Waals surface area contributed by atoms with Gasteiger partial charge in [-0.3, -0.25) is 0 Å². The highest BCUT2D eigenvalue weighted by Gasteiger charge is 2.25. The molecule has 1 aromatic rings. The van der Waals surface area contributed by atoms with Crippen LogP contribution in [0, 0.1) is 0 Å². The van der Waals surface area contributed by atoms with E-state index in [4.69, 9.17) is 9.05 Å². The lowest BCUT2D eigenvalue weighted by atomic mass is 9.87.